The zero-order valence-electron chi connectivity index (χ0n) is 36.8. The van der Waals surface area contributed by atoms with Crippen LogP contribution in [0.1, 0.15) is 58.0 Å². The van der Waals surface area contributed by atoms with Crippen molar-refractivity contribution < 1.29 is 35.9 Å². The number of aryl methyl sites for hydroxylation is 2. The number of amides is 2. The molecule has 2 amide bonds. The third-order valence-electron chi connectivity index (χ3n) is 13.6. The molecule has 0 aliphatic carbocycles. The smallest absolute Gasteiger partial charge is 0.337 e. The number of halogens is 6. The number of imidazole rings is 2. The van der Waals surface area contributed by atoms with Crippen LogP contribution >= 0.6 is 0 Å². The van der Waals surface area contributed by atoms with Crippen LogP contribution in [0.15, 0.2) is 67.3 Å². The average Bonchev–Trinajstić information content (AvgIpc) is 4.12. The Bertz CT molecular complexity index is 3310. The van der Waals surface area contributed by atoms with E-state index in [1.165, 1.54) is 18.6 Å². The lowest BCUT2D eigenvalue weighted by Gasteiger charge is -2.34. The Labute approximate surface area is 382 Å². The molecule has 0 saturated carbocycles. The topological polar surface area (TPSA) is 176 Å². The highest BCUT2D eigenvalue weighted by Crippen LogP contribution is 2.39. The second-order valence-electron chi connectivity index (χ2n) is 18.2. The summed E-state index contributed by atoms with van der Waals surface area (Å²) in [6.45, 7) is -0.715. The quantitative estimate of drug-likeness (QED) is 0.167. The van der Waals surface area contributed by atoms with Crippen molar-refractivity contribution in [2.24, 2.45) is 25.7 Å². The number of carbonyl (C=O) groups is 2. The van der Waals surface area contributed by atoms with Crippen LogP contribution in [-0.4, -0.2) is 120 Å². The Hall–Kier alpha value is -6.94. The lowest BCUT2D eigenvalue weighted by atomic mass is 9.90. The van der Waals surface area contributed by atoms with E-state index in [9.17, 15) is 35.9 Å². The van der Waals surface area contributed by atoms with Gasteiger partial charge in [-0.3, -0.25) is 9.59 Å². The molecule has 3 N–H and O–H groups in total. The second kappa shape index (κ2) is 16.1. The number of nitrogens with zero attached hydrogens (tertiary/aromatic N) is 12. The van der Waals surface area contributed by atoms with Crippen molar-refractivity contribution in [3.05, 3.63) is 83.9 Å². The number of hydrogen-bond donors (Lipinski definition) is 2. The number of nitrogens with two attached hydrogens (primary N) is 1. The predicted molar refractivity (Wildman–Crippen MR) is 238 cm³/mol. The van der Waals surface area contributed by atoms with E-state index in [2.05, 4.69) is 30.2 Å². The van der Waals surface area contributed by atoms with E-state index in [0.717, 1.165) is 34.0 Å². The molecule has 0 bridgehead atoms. The van der Waals surface area contributed by atoms with E-state index in [4.69, 9.17) is 10.7 Å². The predicted octanol–water partition coefficient (Wildman–Crippen LogP) is 6.54. The Morgan fingerprint density at radius 2 is 1.28 bits per heavy atom. The van der Waals surface area contributed by atoms with Crippen molar-refractivity contribution in [1.29, 1.82) is 0 Å². The Balaban J connectivity index is 0.830. The van der Waals surface area contributed by atoms with Gasteiger partial charge in [0, 0.05) is 94.0 Å². The van der Waals surface area contributed by atoms with Gasteiger partial charge in [0.1, 0.15) is 35.4 Å². The van der Waals surface area contributed by atoms with Gasteiger partial charge in [-0.15, -0.1) is 0 Å². The molecule has 11 heterocycles. The van der Waals surface area contributed by atoms with Gasteiger partial charge in [0.15, 0.2) is 22.9 Å². The number of piperidine rings is 2. The average molecular weight is 939 g/mol. The van der Waals surface area contributed by atoms with E-state index in [0.29, 0.717) is 71.3 Å². The highest BCUT2D eigenvalue weighted by atomic mass is 19.4. The molecule has 0 spiro atoms. The number of fused-ring (bicyclic) bond motifs is 5. The fourth-order valence-corrected chi connectivity index (χ4v) is 10.4. The molecule has 3 aliphatic rings. The summed E-state index contributed by atoms with van der Waals surface area (Å²) in [5.41, 5.74) is 9.72. The third kappa shape index (κ3) is 7.77. The molecular weight excluding hydrogens is 895 g/mol. The number of carbonyl (C=O) groups excluding carboxylic acids is 2. The summed E-state index contributed by atoms with van der Waals surface area (Å²) < 4.78 is 89.3. The highest BCUT2D eigenvalue weighted by molar-refractivity contribution is 5.98. The summed E-state index contributed by atoms with van der Waals surface area (Å²) >= 11 is 0. The molecule has 68 heavy (non-hydrogen) atoms. The van der Waals surface area contributed by atoms with E-state index in [1.807, 2.05) is 6.07 Å². The normalized spacial score (nSPS) is 20.4. The van der Waals surface area contributed by atoms with Crippen molar-refractivity contribution >= 4 is 56.2 Å². The monoisotopic (exact) mass is 938 g/mol. The number of hydrogen-bond acceptors (Lipinski definition) is 10. The molecule has 0 aromatic carbocycles. The third-order valence-corrected chi connectivity index (χ3v) is 13.6. The summed E-state index contributed by atoms with van der Waals surface area (Å²) in [6.07, 6.45) is -0.105. The van der Waals surface area contributed by atoms with Gasteiger partial charge >= 0.3 is 12.4 Å². The van der Waals surface area contributed by atoms with Crippen LogP contribution in [-0.2, 0) is 27.2 Å². The van der Waals surface area contributed by atoms with Gasteiger partial charge in [0.05, 0.1) is 22.5 Å². The standard InChI is InChI=1S/C46H44F6N14O2/c1-61-39-33(59-41(61)35-15-25-5-3-8-54-37(25)65(35)22-45(47,48)49)14-29(19-57-39)44(68)64-10-7-24-12-31(58-34(24)21-64)27-11-26-16-36(66(23-46(50,51)52)38(26)55-17-27)42-60-32-13-28(18-56-40(32)62(42)2)43(67)63-9-4-6-30(53)20-63/h3,5,8,11,13-19,24,30-31,34,58H,4,6-7,9-10,12,20-23,53H2,1-2H3/t24?,30-,31?,34?/m1/s1. The van der Waals surface area contributed by atoms with Crippen LogP contribution in [0.3, 0.4) is 0 Å². The van der Waals surface area contributed by atoms with Gasteiger partial charge < -0.3 is 39.1 Å². The Morgan fingerprint density at radius 3 is 1.88 bits per heavy atom. The molecular formula is C46H44F6N14O2. The molecule has 3 fully saturated rings. The minimum atomic E-state index is -4.58. The molecule has 4 atom stereocenters. The van der Waals surface area contributed by atoms with E-state index in [-0.39, 0.29) is 75.8 Å². The van der Waals surface area contributed by atoms with Gasteiger partial charge in [-0.2, -0.15) is 26.3 Å². The number of alkyl halides is 6. The van der Waals surface area contributed by atoms with Crippen LogP contribution in [0.2, 0.25) is 0 Å². The molecule has 8 aromatic heterocycles. The number of likely N-dealkylation sites (tertiary alicyclic amines) is 2. The van der Waals surface area contributed by atoms with Gasteiger partial charge in [0.2, 0.25) is 0 Å². The fourth-order valence-electron chi connectivity index (χ4n) is 10.4. The van der Waals surface area contributed by atoms with Crippen LogP contribution in [0.4, 0.5) is 26.3 Å². The van der Waals surface area contributed by atoms with E-state index in [1.54, 1.807) is 75.6 Å². The first-order valence-corrected chi connectivity index (χ1v) is 22.3. The molecule has 3 unspecified atom stereocenters. The van der Waals surface area contributed by atoms with Gasteiger partial charge in [-0.25, -0.2) is 29.9 Å². The Morgan fingerprint density at radius 1 is 0.706 bits per heavy atom. The Kier molecular flexibility index (Phi) is 10.3. The maximum atomic E-state index is 14.2. The summed E-state index contributed by atoms with van der Waals surface area (Å²) in [6, 6.07) is 11.3. The van der Waals surface area contributed by atoms with Gasteiger partial charge in [-0.05, 0) is 79.6 Å². The zero-order valence-corrected chi connectivity index (χ0v) is 36.8. The minimum absolute atomic E-state index is 0.0861. The van der Waals surface area contributed by atoms with Crippen LogP contribution in [0.5, 0.6) is 0 Å². The molecule has 22 heteroatoms. The lowest BCUT2D eigenvalue weighted by Crippen LogP contribution is -2.48. The molecule has 16 nitrogen and oxygen atoms in total. The van der Waals surface area contributed by atoms with Crippen molar-refractivity contribution in [2.45, 2.75) is 69.3 Å². The number of aromatic nitrogens is 10. The molecule has 3 aliphatic heterocycles. The van der Waals surface area contributed by atoms with Crippen molar-refractivity contribution in [3.63, 3.8) is 0 Å². The number of nitrogens with one attached hydrogen (secondary N) is 1. The fraction of sp³-hybridized carbons (Fsp3) is 0.391. The maximum Gasteiger partial charge on any atom is 0.406 e. The van der Waals surface area contributed by atoms with Gasteiger partial charge in [-0.1, -0.05) is 0 Å². The van der Waals surface area contributed by atoms with Crippen molar-refractivity contribution in [1.82, 2.24) is 63.3 Å². The molecule has 352 valence electrons. The molecule has 0 radical (unpaired) electrons. The maximum absolute atomic E-state index is 14.2. The first-order chi connectivity index (χ1) is 32.5. The number of pyridine rings is 4. The summed E-state index contributed by atoms with van der Waals surface area (Å²) in [5.74, 6) is 0.187. The van der Waals surface area contributed by atoms with Crippen LogP contribution in [0.25, 0.3) is 67.4 Å². The second-order valence-corrected chi connectivity index (χ2v) is 18.2. The SMILES string of the molecule is Cn1c(-c2cc3cccnc3n2CC(F)(F)F)nc2cc(C(=O)N3CCC4CC(c5cnc6c(c5)cc(-c5nc7cc(C(=O)N8CCC[C@@H](N)C8)cnc7n5C)n6CC(F)(F)F)NC4C3)cnc21. The zero-order chi connectivity index (χ0) is 47.4. The minimum Gasteiger partial charge on any atom is -0.337 e. The van der Waals surface area contributed by atoms with Crippen LogP contribution < -0.4 is 11.1 Å². The van der Waals surface area contributed by atoms with Crippen molar-refractivity contribution in [2.75, 3.05) is 26.2 Å². The van der Waals surface area contributed by atoms with E-state index < -0.39 is 25.4 Å². The molecule has 3 saturated heterocycles. The van der Waals surface area contributed by atoms with Gasteiger partial charge in [0.25, 0.3) is 11.8 Å². The summed E-state index contributed by atoms with van der Waals surface area (Å²) in [4.78, 5) is 58.0. The summed E-state index contributed by atoms with van der Waals surface area (Å²) in [7, 11) is 3.33. The number of rotatable bonds is 7. The first-order valence-electron chi connectivity index (χ1n) is 22.3. The summed E-state index contributed by atoms with van der Waals surface area (Å²) in [5, 5.41) is 4.67. The lowest BCUT2D eigenvalue weighted by molar-refractivity contribution is -0.140. The first kappa shape index (κ1) is 43.6. The largest absolute Gasteiger partial charge is 0.406 e. The molecule has 8 aromatic rings. The van der Waals surface area contributed by atoms with Crippen molar-refractivity contribution in [3.8, 4) is 23.0 Å². The highest BCUT2D eigenvalue weighted by Gasteiger charge is 2.40. The van der Waals surface area contributed by atoms with E-state index >= 15 is 0 Å². The molecule has 11 rings (SSSR count). The van der Waals surface area contributed by atoms with Crippen LogP contribution in [0, 0.1) is 5.92 Å².